The summed E-state index contributed by atoms with van der Waals surface area (Å²) >= 11 is 0. The smallest absolute Gasteiger partial charge is 0.316 e. The molecule has 31 heavy (non-hydrogen) atoms. The number of carbonyl (C=O) groups is 2. The first kappa shape index (κ1) is 21.0. The molecule has 2 aliphatic rings. The standard InChI is InChI=1S/C22H25FN4O4/c1-30-19-4-2-3-17(10-19)27-13-14(9-20(27)28)21(29)26-16-5-7-18(8-6-16)31-22-24-11-15(23)12-25-22/h2-4,10-12,14,16,18H,5-9,13H2,1H3,(H,26,29). The molecule has 0 bridgehead atoms. The molecule has 0 spiro atoms. The lowest BCUT2D eigenvalue weighted by Gasteiger charge is -2.29. The van der Waals surface area contributed by atoms with Crippen LogP contribution in [0.25, 0.3) is 0 Å². The van der Waals surface area contributed by atoms with E-state index in [0.29, 0.717) is 12.3 Å². The average molecular weight is 428 g/mol. The predicted octanol–water partition coefficient (Wildman–Crippen LogP) is 2.48. The number of hydrogen-bond acceptors (Lipinski definition) is 6. The Hall–Kier alpha value is -3.23. The van der Waals surface area contributed by atoms with E-state index in [1.807, 2.05) is 18.2 Å². The van der Waals surface area contributed by atoms with E-state index in [-0.39, 0.29) is 42.3 Å². The van der Waals surface area contributed by atoms with Gasteiger partial charge in [0.2, 0.25) is 11.8 Å². The zero-order chi connectivity index (χ0) is 21.8. The zero-order valence-corrected chi connectivity index (χ0v) is 17.3. The van der Waals surface area contributed by atoms with Gasteiger partial charge in [0.1, 0.15) is 11.9 Å². The molecule has 4 rings (SSSR count). The number of methoxy groups -OCH3 is 1. The van der Waals surface area contributed by atoms with Gasteiger partial charge in [0.25, 0.3) is 0 Å². The second-order valence-corrected chi connectivity index (χ2v) is 7.89. The van der Waals surface area contributed by atoms with Crippen LogP contribution in [0.3, 0.4) is 0 Å². The molecule has 1 atom stereocenters. The van der Waals surface area contributed by atoms with E-state index in [9.17, 15) is 14.0 Å². The fraction of sp³-hybridized carbons (Fsp3) is 0.455. The molecule has 1 saturated carbocycles. The molecule has 1 aliphatic carbocycles. The molecule has 8 nitrogen and oxygen atoms in total. The molecule has 0 radical (unpaired) electrons. The van der Waals surface area contributed by atoms with Crippen LogP contribution in [-0.4, -0.2) is 47.6 Å². The maximum Gasteiger partial charge on any atom is 0.316 e. The number of rotatable bonds is 6. The molecule has 2 fully saturated rings. The minimum absolute atomic E-state index is 0.0439. The molecular formula is C22H25FN4O4. The predicted molar refractivity (Wildman–Crippen MR) is 110 cm³/mol. The normalized spacial score (nSPS) is 23.5. The third-order valence-corrected chi connectivity index (χ3v) is 5.75. The van der Waals surface area contributed by atoms with Crippen LogP contribution in [0.1, 0.15) is 32.1 Å². The third-order valence-electron chi connectivity index (χ3n) is 5.75. The molecule has 1 unspecified atom stereocenters. The van der Waals surface area contributed by atoms with Gasteiger partial charge in [0, 0.05) is 30.8 Å². The van der Waals surface area contributed by atoms with Gasteiger partial charge in [-0.25, -0.2) is 14.4 Å². The molecule has 1 aromatic carbocycles. The van der Waals surface area contributed by atoms with Crippen molar-refractivity contribution in [2.45, 2.75) is 44.2 Å². The Morgan fingerprint density at radius 3 is 2.65 bits per heavy atom. The minimum atomic E-state index is -0.505. The Morgan fingerprint density at radius 1 is 1.19 bits per heavy atom. The molecule has 9 heteroatoms. The van der Waals surface area contributed by atoms with Crippen LogP contribution < -0.4 is 19.7 Å². The number of aromatic nitrogens is 2. The number of nitrogens with zero attached hydrogens (tertiary/aromatic N) is 3. The Morgan fingerprint density at radius 2 is 1.94 bits per heavy atom. The van der Waals surface area contributed by atoms with E-state index in [4.69, 9.17) is 9.47 Å². The van der Waals surface area contributed by atoms with Crippen molar-refractivity contribution < 1.29 is 23.5 Å². The number of anilines is 1. The van der Waals surface area contributed by atoms with Gasteiger partial charge in [-0.15, -0.1) is 0 Å². The van der Waals surface area contributed by atoms with E-state index < -0.39 is 5.82 Å². The molecule has 1 aliphatic heterocycles. The number of ether oxygens (including phenoxy) is 2. The molecule has 2 aromatic rings. The van der Waals surface area contributed by atoms with E-state index in [2.05, 4.69) is 15.3 Å². The summed E-state index contributed by atoms with van der Waals surface area (Å²) in [5.41, 5.74) is 0.736. The van der Waals surface area contributed by atoms with Gasteiger partial charge in [-0.1, -0.05) is 6.07 Å². The van der Waals surface area contributed by atoms with Crippen molar-refractivity contribution in [1.29, 1.82) is 0 Å². The highest BCUT2D eigenvalue weighted by Crippen LogP contribution is 2.29. The number of amides is 2. The van der Waals surface area contributed by atoms with Crippen molar-refractivity contribution in [3.8, 4) is 11.8 Å². The van der Waals surface area contributed by atoms with Crippen molar-refractivity contribution in [2.24, 2.45) is 5.92 Å². The number of nitrogens with one attached hydrogen (secondary N) is 1. The van der Waals surface area contributed by atoms with Crippen LogP contribution in [0.5, 0.6) is 11.8 Å². The van der Waals surface area contributed by atoms with Crippen LogP contribution in [0.4, 0.5) is 10.1 Å². The number of benzene rings is 1. The van der Waals surface area contributed by atoms with Crippen molar-refractivity contribution in [2.75, 3.05) is 18.6 Å². The first-order valence-corrected chi connectivity index (χ1v) is 10.4. The fourth-order valence-electron chi connectivity index (χ4n) is 4.07. The number of halogens is 1. The molecule has 1 saturated heterocycles. The van der Waals surface area contributed by atoms with Gasteiger partial charge in [-0.05, 0) is 37.8 Å². The summed E-state index contributed by atoms with van der Waals surface area (Å²) < 4.78 is 23.8. The van der Waals surface area contributed by atoms with Gasteiger partial charge in [-0.2, -0.15) is 0 Å². The summed E-state index contributed by atoms with van der Waals surface area (Å²) in [6, 6.07) is 7.48. The second-order valence-electron chi connectivity index (χ2n) is 7.89. The molecular weight excluding hydrogens is 403 g/mol. The highest BCUT2D eigenvalue weighted by atomic mass is 19.1. The van der Waals surface area contributed by atoms with Crippen LogP contribution >= 0.6 is 0 Å². The lowest BCUT2D eigenvalue weighted by Crippen LogP contribution is -2.43. The van der Waals surface area contributed by atoms with Gasteiger partial charge >= 0.3 is 6.01 Å². The first-order chi connectivity index (χ1) is 15.0. The minimum Gasteiger partial charge on any atom is -0.497 e. The van der Waals surface area contributed by atoms with Crippen LogP contribution in [0, 0.1) is 11.7 Å². The van der Waals surface area contributed by atoms with Crippen molar-refractivity contribution in [3.63, 3.8) is 0 Å². The largest absolute Gasteiger partial charge is 0.497 e. The number of carbonyl (C=O) groups excluding carboxylic acids is 2. The number of hydrogen-bond donors (Lipinski definition) is 1. The summed E-state index contributed by atoms with van der Waals surface area (Å²) in [6.45, 7) is 0.359. The lowest BCUT2D eigenvalue weighted by atomic mass is 9.92. The Kier molecular flexibility index (Phi) is 6.29. The van der Waals surface area contributed by atoms with Crippen molar-refractivity contribution >= 4 is 17.5 Å². The summed E-state index contributed by atoms with van der Waals surface area (Å²) in [5, 5.41) is 3.09. The van der Waals surface area contributed by atoms with Gasteiger partial charge in [0.15, 0.2) is 5.82 Å². The summed E-state index contributed by atoms with van der Waals surface area (Å²) in [7, 11) is 1.58. The average Bonchev–Trinajstić information content (AvgIpc) is 3.18. The summed E-state index contributed by atoms with van der Waals surface area (Å²) in [4.78, 5) is 34.5. The Bertz CT molecular complexity index is 931. The maximum atomic E-state index is 12.9. The maximum absolute atomic E-state index is 12.9. The highest BCUT2D eigenvalue weighted by Gasteiger charge is 2.36. The lowest BCUT2D eigenvalue weighted by molar-refractivity contribution is -0.127. The van der Waals surface area contributed by atoms with E-state index in [1.165, 1.54) is 0 Å². The molecule has 164 valence electrons. The van der Waals surface area contributed by atoms with E-state index in [0.717, 1.165) is 43.8 Å². The zero-order valence-electron chi connectivity index (χ0n) is 17.3. The highest BCUT2D eigenvalue weighted by molar-refractivity contribution is 6.00. The van der Waals surface area contributed by atoms with Gasteiger partial charge < -0.3 is 19.7 Å². The summed E-state index contributed by atoms with van der Waals surface area (Å²) in [5.74, 6) is -0.368. The van der Waals surface area contributed by atoms with E-state index in [1.54, 1.807) is 18.1 Å². The van der Waals surface area contributed by atoms with Crippen molar-refractivity contribution in [3.05, 3.63) is 42.5 Å². The first-order valence-electron chi connectivity index (χ1n) is 10.4. The second kappa shape index (κ2) is 9.28. The molecule has 2 heterocycles. The summed E-state index contributed by atoms with van der Waals surface area (Å²) in [6.07, 6.45) is 5.29. The Balaban J connectivity index is 1.26. The quantitative estimate of drug-likeness (QED) is 0.760. The van der Waals surface area contributed by atoms with Gasteiger partial charge in [-0.3, -0.25) is 9.59 Å². The molecule has 1 aromatic heterocycles. The third kappa shape index (κ3) is 5.10. The molecule has 2 amide bonds. The van der Waals surface area contributed by atoms with Gasteiger partial charge in [0.05, 0.1) is 25.4 Å². The van der Waals surface area contributed by atoms with E-state index >= 15 is 0 Å². The fourth-order valence-corrected chi connectivity index (χ4v) is 4.07. The topological polar surface area (TPSA) is 93.7 Å². The van der Waals surface area contributed by atoms with Crippen LogP contribution in [-0.2, 0) is 9.59 Å². The van der Waals surface area contributed by atoms with Crippen molar-refractivity contribution in [1.82, 2.24) is 15.3 Å². The molecule has 1 N–H and O–H groups in total. The van der Waals surface area contributed by atoms with Crippen LogP contribution in [0.15, 0.2) is 36.7 Å². The SMILES string of the molecule is COc1cccc(N2CC(C(=O)NC3CCC(Oc4ncc(F)cn4)CC3)CC2=O)c1. The Labute approximate surface area is 179 Å². The van der Waals surface area contributed by atoms with Crippen LogP contribution in [0.2, 0.25) is 0 Å². The monoisotopic (exact) mass is 428 g/mol.